The van der Waals surface area contributed by atoms with Crippen molar-refractivity contribution < 1.29 is 4.79 Å². The lowest BCUT2D eigenvalue weighted by molar-refractivity contribution is -0.114. The lowest BCUT2D eigenvalue weighted by atomic mass is 10.1. The lowest BCUT2D eigenvalue weighted by Gasteiger charge is -2.24. The van der Waals surface area contributed by atoms with Crippen molar-refractivity contribution in [2.24, 2.45) is 0 Å². The summed E-state index contributed by atoms with van der Waals surface area (Å²) in [4.78, 5) is 15.9. The molecule has 4 heteroatoms. The summed E-state index contributed by atoms with van der Waals surface area (Å²) >= 11 is 7.63. The van der Waals surface area contributed by atoms with Gasteiger partial charge in [0.15, 0.2) is 0 Å². The van der Waals surface area contributed by atoms with E-state index in [1.165, 1.54) is 5.56 Å². The number of amides is 1. The summed E-state index contributed by atoms with van der Waals surface area (Å²) in [6, 6.07) is 25.7. The van der Waals surface area contributed by atoms with Gasteiger partial charge in [0.05, 0.1) is 4.91 Å². The second kappa shape index (κ2) is 7.63. The molecule has 0 bridgehead atoms. The normalized spacial score (nSPS) is 18.3. The van der Waals surface area contributed by atoms with Gasteiger partial charge in [0, 0.05) is 10.7 Å². The predicted molar refractivity (Wildman–Crippen MR) is 115 cm³/mol. The summed E-state index contributed by atoms with van der Waals surface area (Å²) in [7, 11) is 0. The van der Waals surface area contributed by atoms with E-state index < -0.39 is 0 Å². The molecule has 3 aromatic rings. The first-order valence-electron chi connectivity index (χ1n) is 8.71. The maximum Gasteiger partial charge on any atom is 0.266 e. The summed E-state index contributed by atoms with van der Waals surface area (Å²) in [6.45, 7) is 2.04. The quantitative estimate of drug-likeness (QED) is 0.477. The summed E-state index contributed by atoms with van der Waals surface area (Å²) < 4.78 is 0. The molecule has 1 aliphatic heterocycles. The molecule has 0 aliphatic carbocycles. The van der Waals surface area contributed by atoms with E-state index in [0.717, 1.165) is 21.7 Å². The molecule has 0 spiro atoms. The number of hydrogen-bond acceptors (Lipinski definition) is 2. The molecule has 1 saturated heterocycles. The number of nitrogens with zero attached hydrogens (tertiary/aromatic N) is 1. The number of thioether (sulfide) groups is 1. The van der Waals surface area contributed by atoms with Crippen LogP contribution >= 0.6 is 23.4 Å². The number of aryl methyl sites for hydroxylation is 1. The molecule has 27 heavy (non-hydrogen) atoms. The first-order valence-corrected chi connectivity index (χ1v) is 9.97. The zero-order valence-electron chi connectivity index (χ0n) is 14.8. The molecular formula is C23H18ClNOS. The largest absolute Gasteiger partial charge is 0.291 e. The van der Waals surface area contributed by atoms with Gasteiger partial charge in [0.2, 0.25) is 0 Å². The molecule has 134 valence electrons. The molecule has 1 unspecified atom stereocenters. The minimum Gasteiger partial charge on any atom is -0.291 e. The maximum absolute atomic E-state index is 13.3. The Kier molecular flexibility index (Phi) is 5.06. The third-order valence-corrected chi connectivity index (χ3v) is 5.97. The van der Waals surface area contributed by atoms with Crippen molar-refractivity contribution >= 4 is 41.0 Å². The molecular weight excluding hydrogens is 374 g/mol. The zero-order valence-corrected chi connectivity index (χ0v) is 16.4. The molecule has 1 atom stereocenters. The van der Waals surface area contributed by atoms with Gasteiger partial charge >= 0.3 is 0 Å². The first-order chi connectivity index (χ1) is 13.1. The second-order valence-electron chi connectivity index (χ2n) is 6.45. The third-order valence-electron chi connectivity index (χ3n) is 4.47. The number of carbonyl (C=O) groups is 1. The van der Waals surface area contributed by atoms with E-state index in [4.69, 9.17) is 11.6 Å². The molecule has 1 aliphatic rings. The smallest absolute Gasteiger partial charge is 0.266 e. The van der Waals surface area contributed by atoms with Crippen molar-refractivity contribution in [3.05, 3.63) is 105 Å². The Bertz CT molecular complexity index is 981. The summed E-state index contributed by atoms with van der Waals surface area (Å²) in [6.07, 6.45) is 1.96. The highest BCUT2D eigenvalue weighted by molar-refractivity contribution is 8.05. The van der Waals surface area contributed by atoms with Gasteiger partial charge in [-0.2, -0.15) is 0 Å². The van der Waals surface area contributed by atoms with Crippen LogP contribution in [0.25, 0.3) is 6.08 Å². The fourth-order valence-corrected chi connectivity index (χ4v) is 4.43. The minimum atomic E-state index is -0.118. The van der Waals surface area contributed by atoms with Gasteiger partial charge in [-0.1, -0.05) is 83.5 Å². The molecule has 0 saturated carbocycles. The van der Waals surface area contributed by atoms with Gasteiger partial charge < -0.3 is 0 Å². The Hall–Kier alpha value is -2.49. The van der Waals surface area contributed by atoms with Crippen molar-refractivity contribution in [2.75, 3.05) is 4.90 Å². The number of anilines is 1. The fourth-order valence-electron chi connectivity index (χ4n) is 3.05. The Morgan fingerprint density at radius 1 is 0.926 bits per heavy atom. The van der Waals surface area contributed by atoms with Gasteiger partial charge in [-0.15, -0.1) is 0 Å². The maximum atomic E-state index is 13.3. The van der Waals surface area contributed by atoms with Crippen LogP contribution < -0.4 is 4.90 Å². The van der Waals surface area contributed by atoms with Crippen LogP contribution in [-0.4, -0.2) is 5.91 Å². The van der Waals surface area contributed by atoms with E-state index in [0.29, 0.717) is 5.02 Å². The van der Waals surface area contributed by atoms with Crippen LogP contribution in [0.4, 0.5) is 5.69 Å². The SMILES string of the molecule is Cc1ccc(N2C(=O)C(=Cc3ccccc3)SC2c2ccc(Cl)cc2)cc1. The molecule has 1 heterocycles. The van der Waals surface area contributed by atoms with E-state index in [2.05, 4.69) is 0 Å². The average molecular weight is 392 g/mol. The van der Waals surface area contributed by atoms with E-state index in [-0.39, 0.29) is 11.3 Å². The standard InChI is InChI=1S/C23H18ClNOS/c1-16-7-13-20(14-8-16)25-22(26)21(15-17-5-3-2-4-6-17)27-23(25)18-9-11-19(24)12-10-18/h2-15,23H,1H3. The summed E-state index contributed by atoms with van der Waals surface area (Å²) in [5.41, 5.74) is 4.14. The summed E-state index contributed by atoms with van der Waals surface area (Å²) in [5.74, 6) is 0.0210. The Labute approximate surface area is 168 Å². The van der Waals surface area contributed by atoms with Crippen molar-refractivity contribution in [1.29, 1.82) is 0 Å². The fraction of sp³-hybridized carbons (Fsp3) is 0.0870. The van der Waals surface area contributed by atoms with Crippen molar-refractivity contribution in [3.8, 4) is 0 Å². The Balaban J connectivity index is 1.77. The summed E-state index contributed by atoms with van der Waals surface area (Å²) in [5, 5.41) is 0.572. The molecule has 1 fully saturated rings. The van der Waals surface area contributed by atoms with Crippen LogP contribution in [0, 0.1) is 6.92 Å². The highest BCUT2D eigenvalue weighted by Gasteiger charge is 2.38. The van der Waals surface area contributed by atoms with E-state index >= 15 is 0 Å². The molecule has 3 aromatic carbocycles. The Morgan fingerprint density at radius 2 is 1.59 bits per heavy atom. The average Bonchev–Trinajstić information content (AvgIpc) is 3.00. The number of rotatable bonds is 3. The van der Waals surface area contributed by atoms with Gasteiger partial charge in [-0.25, -0.2) is 0 Å². The number of carbonyl (C=O) groups excluding carboxylic acids is 1. The highest BCUT2D eigenvalue weighted by atomic mass is 35.5. The third kappa shape index (κ3) is 3.80. The molecule has 1 amide bonds. The van der Waals surface area contributed by atoms with Crippen LogP contribution in [0.1, 0.15) is 22.1 Å². The highest BCUT2D eigenvalue weighted by Crippen LogP contribution is 2.48. The molecule has 0 N–H and O–H groups in total. The van der Waals surface area contributed by atoms with E-state index in [9.17, 15) is 4.79 Å². The van der Waals surface area contributed by atoms with Gasteiger partial charge in [0.1, 0.15) is 5.37 Å². The van der Waals surface area contributed by atoms with E-state index in [1.54, 1.807) is 11.8 Å². The number of halogens is 1. The van der Waals surface area contributed by atoms with Crippen LogP contribution in [0.5, 0.6) is 0 Å². The monoisotopic (exact) mass is 391 g/mol. The van der Waals surface area contributed by atoms with Crippen LogP contribution in [0.3, 0.4) is 0 Å². The van der Waals surface area contributed by atoms with E-state index in [1.807, 2.05) is 96.8 Å². The van der Waals surface area contributed by atoms with Gasteiger partial charge in [0.25, 0.3) is 5.91 Å². The topological polar surface area (TPSA) is 20.3 Å². The van der Waals surface area contributed by atoms with Crippen molar-refractivity contribution in [3.63, 3.8) is 0 Å². The molecule has 4 rings (SSSR count). The van der Waals surface area contributed by atoms with Crippen molar-refractivity contribution in [2.45, 2.75) is 12.3 Å². The number of benzene rings is 3. The lowest BCUT2D eigenvalue weighted by Crippen LogP contribution is -2.27. The van der Waals surface area contributed by atoms with Crippen molar-refractivity contribution in [1.82, 2.24) is 0 Å². The predicted octanol–water partition coefficient (Wildman–Crippen LogP) is 6.47. The minimum absolute atomic E-state index is 0.0210. The molecule has 0 radical (unpaired) electrons. The van der Waals surface area contributed by atoms with Crippen LogP contribution in [-0.2, 0) is 4.79 Å². The molecule has 2 nitrogen and oxygen atoms in total. The van der Waals surface area contributed by atoms with Crippen LogP contribution in [0.15, 0.2) is 83.8 Å². The van der Waals surface area contributed by atoms with Gasteiger partial charge in [-0.05, 0) is 48.4 Å². The second-order valence-corrected chi connectivity index (χ2v) is 8.01. The Morgan fingerprint density at radius 3 is 2.26 bits per heavy atom. The number of hydrogen-bond donors (Lipinski definition) is 0. The molecule has 0 aromatic heterocycles. The van der Waals surface area contributed by atoms with Gasteiger partial charge in [-0.3, -0.25) is 9.69 Å². The zero-order chi connectivity index (χ0) is 18.8. The van der Waals surface area contributed by atoms with Crippen LogP contribution in [0.2, 0.25) is 5.02 Å². The first kappa shape index (κ1) is 17.9.